The van der Waals surface area contributed by atoms with Crippen LogP contribution in [-0.2, 0) is 11.3 Å². The number of rotatable bonds is 3. The Morgan fingerprint density at radius 3 is 2.55 bits per heavy atom. The summed E-state index contributed by atoms with van der Waals surface area (Å²) in [6, 6.07) is 4.97. The van der Waals surface area contributed by atoms with Crippen LogP contribution in [0.15, 0.2) is 41.1 Å². The van der Waals surface area contributed by atoms with Crippen molar-refractivity contribution < 1.29 is 14.0 Å². The van der Waals surface area contributed by atoms with Crippen LogP contribution in [0.3, 0.4) is 0 Å². The van der Waals surface area contributed by atoms with Crippen molar-refractivity contribution in [2.45, 2.75) is 6.54 Å². The molecule has 2 aromatic rings. The highest BCUT2D eigenvalue weighted by Gasteiger charge is 2.08. The van der Waals surface area contributed by atoms with Gasteiger partial charge >= 0.3 is 0 Å². The Kier molecular flexibility index (Phi) is 4.46. The molecule has 6 nitrogen and oxygen atoms in total. The van der Waals surface area contributed by atoms with Gasteiger partial charge in [-0.05, 0) is 40.2 Å². The minimum absolute atomic E-state index is 0.0324. The molecule has 0 aliphatic heterocycles. The molecular formula is C12H10BrFN4O2. The van der Waals surface area contributed by atoms with E-state index in [4.69, 9.17) is 0 Å². The number of hydrogen-bond acceptors (Lipinski definition) is 3. The van der Waals surface area contributed by atoms with Gasteiger partial charge in [0.2, 0.25) is 0 Å². The van der Waals surface area contributed by atoms with Crippen LogP contribution >= 0.6 is 15.9 Å². The maximum Gasteiger partial charge on any atom is 0.269 e. The third-order valence-corrected chi connectivity index (χ3v) is 2.74. The Hall–Kier alpha value is -2.22. The van der Waals surface area contributed by atoms with E-state index in [0.717, 1.165) is 16.6 Å². The molecule has 1 aromatic heterocycles. The molecule has 2 amide bonds. The molecule has 0 saturated heterocycles. The van der Waals surface area contributed by atoms with E-state index >= 15 is 0 Å². The number of nitrogens with zero attached hydrogens (tertiary/aromatic N) is 2. The second kappa shape index (κ2) is 6.29. The first kappa shape index (κ1) is 14.2. The zero-order chi connectivity index (χ0) is 14.5. The van der Waals surface area contributed by atoms with E-state index in [9.17, 15) is 14.0 Å². The fourth-order valence-corrected chi connectivity index (χ4v) is 1.74. The van der Waals surface area contributed by atoms with E-state index in [0.29, 0.717) is 0 Å². The van der Waals surface area contributed by atoms with E-state index in [1.54, 1.807) is 12.4 Å². The molecule has 0 atom stereocenters. The first-order valence-electron chi connectivity index (χ1n) is 5.57. The normalized spacial score (nSPS) is 10.1. The average Bonchev–Trinajstić information content (AvgIpc) is 2.82. The quantitative estimate of drug-likeness (QED) is 0.825. The summed E-state index contributed by atoms with van der Waals surface area (Å²) in [7, 11) is 0. The smallest absolute Gasteiger partial charge is 0.269 e. The summed E-state index contributed by atoms with van der Waals surface area (Å²) in [6.07, 6.45) is 3.17. The Morgan fingerprint density at radius 1 is 1.25 bits per heavy atom. The molecule has 0 aliphatic carbocycles. The lowest BCUT2D eigenvalue weighted by molar-refractivity contribution is -0.122. The molecule has 0 bridgehead atoms. The molecule has 0 aliphatic rings. The number of amides is 2. The van der Waals surface area contributed by atoms with Crippen molar-refractivity contribution >= 4 is 27.7 Å². The van der Waals surface area contributed by atoms with Gasteiger partial charge in [-0.15, -0.1) is 0 Å². The summed E-state index contributed by atoms with van der Waals surface area (Å²) in [5, 5.41) is 3.91. The fourth-order valence-electron chi connectivity index (χ4n) is 1.41. The zero-order valence-corrected chi connectivity index (χ0v) is 11.7. The molecule has 0 spiro atoms. The Labute approximate surface area is 122 Å². The van der Waals surface area contributed by atoms with E-state index in [-0.39, 0.29) is 12.1 Å². The number of aromatic nitrogens is 2. The predicted octanol–water partition coefficient (Wildman–Crippen LogP) is 1.25. The zero-order valence-electron chi connectivity index (χ0n) is 10.1. The van der Waals surface area contributed by atoms with Gasteiger partial charge in [-0.1, -0.05) is 0 Å². The summed E-state index contributed by atoms with van der Waals surface area (Å²) < 4.78 is 14.9. The van der Waals surface area contributed by atoms with Gasteiger partial charge in [-0.25, -0.2) is 4.39 Å². The molecule has 0 radical (unpaired) electrons. The van der Waals surface area contributed by atoms with Gasteiger partial charge in [0.1, 0.15) is 12.4 Å². The van der Waals surface area contributed by atoms with Crippen molar-refractivity contribution in [1.82, 2.24) is 20.6 Å². The number of hydrogen-bond donors (Lipinski definition) is 2. The molecule has 104 valence electrons. The number of nitrogens with one attached hydrogen (secondary N) is 2. The number of benzene rings is 1. The van der Waals surface area contributed by atoms with E-state index < -0.39 is 17.6 Å². The molecule has 8 heteroatoms. The van der Waals surface area contributed by atoms with E-state index in [1.165, 1.54) is 16.8 Å². The van der Waals surface area contributed by atoms with Gasteiger partial charge in [0, 0.05) is 11.8 Å². The van der Waals surface area contributed by atoms with E-state index in [1.807, 2.05) is 0 Å². The van der Waals surface area contributed by atoms with Crippen LogP contribution in [0.5, 0.6) is 0 Å². The fraction of sp³-hybridized carbons (Fsp3) is 0.0833. The molecule has 2 rings (SSSR count). The van der Waals surface area contributed by atoms with Gasteiger partial charge in [0.05, 0.1) is 10.7 Å². The highest BCUT2D eigenvalue weighted by atomic mass is 79.9. The summed E-state index contributed by atoms with van der Waals surface area (Å²) in [5.74, 6) is -1.40. The Bertz CT molecular complexity index is 627. The van der Waals surface area contributed by atoms with Gasteiger partial charge in [0.15, 0.2) is 0 Å². The maximum atomic E-state index is 12.7. The van der Waals surface area contributed by atoms with Crippen LogP contribution < -0.4 is 10.9 Å². The summed E-state index contributed by atoms with van der Waals surface area (Å²) in [5.41, 5.74) is 4.72. The third kappa shape index (κ3) is 3.89. The number of carbonyl (C=O) groups excluding carboxylic acids is 2. The number of hydrazine groups is 1. The molecule has 2 N–H and O–H groups in total. The SMILES string of the molecule is O=C(Cn1cc(Br)cn1)NNC(=O)c1ccc(F)cc1. The molecule has 0 saturated carbocycles. The minimum atomic E-state index is -0.528. The van der Waals surface area contributed by atoms with Crippen LogP contribution in [0.1, 0.15) is 10.4 Å². The Balaban J connectivity index is 1.84. The minimum Gasteiger partial charge on any atom is -0.271 e. The lowest BCUT2D eigenvalue weighted by Gasteiger charge is -2.07. The van der Waals surface area contributed by atoms with Crippen molar-refractivity contribution in [1.29, 1.82) is 0 Å². The lowest BCUT2D eigenvalue weighted by atomic mass is 10.2. The van der Waals surface area contributed by atoms with Crippen LogP contribution in [0.2, 0.25) is 0 Å². The molecule has 0 fully saturated rings. The first-order valence-corrected chi connectivity index (χ1v) is 6.36. The molecule has 0 unspecified atom stereocenters. The largest absolute Gasteiger partial charge is 0.271 e. The lowest BCUT2D eigenvalue weighted by Crippen LogP contribution is -2.43. The van der Waals surface area contributed by atoms with Crippen molar-refractivity contribution in [2.24, 2.45) is 0 Å². The van der Waals surface area contributed by atoms with Crippen molar-refractivity contribution in [3.63, 3.8) is 0 Å². The standard InChI is InChI=1S/C12H10BrFN4O2/c13-9-5-15-18(6-9)7-11(19)16-17-12(20)8-1-3-10(14)4-2-8/h1-6H,7H2,(H,16,19)(H,17,20). The highest BCUT2D eigenvalue weighted by Crippen LogP contribution is 2.05. The summed E-state index contributed by atoms with van der Waals surface area (Å²) in [4.78, 5) is 23.2. The second-order valence-electron chi connectivity index (χ2n) is 3.87. The van der Waals surface area contributed by atoms with Gasteiger partial charge in [-0.2, -0.15) is 5.10 Å². The third-order valence-electron chi connectivity index (χ3n) is 2.33. The van der Waals surface area contributed by atoms with Crippen molar-refractivity contribution in [3.8, 4) is 0 Å². The monoisotopic (exact) mass is 340 g/mol. The molecule has 1 aromatic carbocycles. The summed E-state index contributed by atoms with van der Waals surface area (Å²) in [6.45, 7) is -0.0324. The number of carbonyl (C=O) groups is 2. The molecule has 20 heavy (non-hydrogen) atoms. The van der Waals surface area contributed by atoms with Crippen LogP contribution in [-0.4, -0.2) is 21.6 Å². The van der Waals surface area contributed by atoms with Gasteiger partial charge in [0.25, 0.3) is 11.8 Å². The van der Waals surface area contributed by atoms with Gasteiger partial charge in [-0.3, -0.25) is 25.1 Å². The first-order chi connectivity index (χ1) is 9.54. The van der Waals surface area contributed by atoms with Crippen LogP contribution in [0.4, 0.5) is 4.39 Å². The molecular weight excluding hydrogens is 331 g/mol. The topological polar surface area (TPSA) is 76.0 Å². The predicted molar refractivity (Wildman–Crippen MR) is 71.9 cm³/mol. The summed E-state index contributed by atoms with van der Waals surface area (Å²) >= 11 is 3.21. The van der Waals surface area contributed by atoms with Crippen LogP contribution in [0.25, 0.3) is 0 Å². The number of halogens is 2. The average molecular weight is 341 g/mol. The highest BCUT2D eigenvalue weighted by molar-refractivity contribution is 9.10. The van der Waals surface area contributed by atoms with Crippen molar-refractivity contribution in [3.05, 3.63) is 52.5 Å². The Morgan fingerprint density at radius 2 is 1.95 bits per heavy atom. The molecule has 1 heterocycles. The maximum absolute atomic E-state index is 12.7. The van der Waals surface area contributed by atoms with Crippen LogP contribution in [0, 0.1) is 5.82 Å². The van der Waals surface area contributed by atoms with Gasteiger partial charge < -0.3 is 0 Å². The second-order valence-corrected chi connectivity index (χ2v) is 4.78. The van der Waals surface area contributed by atoms with E-state index in [2.05, 4.69) is 31.9 Å². The van der Waals surface area contributed by atoms with Crippen molar-refractivity contribution in [2.75, 3.05) is 0 Å².